The molecule has 1 aromatic rings. The third-order valence-corrected chi connectivity index (χ3v) is 5.32. The van der Waals surface area contributed by atoms with E-state index in [9.17, 15) is 4.39 Å². The fourth-order valence-electron chi connectivity index (χ4n) is 3.14. The molecule has 1 heterocycles. The molecule has 0 saturated carbocycles. The fourth-order valence-corrected chi connectivity index (χ4v) is 3.54. The van der Waals surface area contributed by atoms with Crippen LogP contribution in [0.25, 0.3) is 0 Å². The average Bonchev–Trinajstić information content (AvgIpc) is 2.50. The van der Waals surface area contributed by atoms with Gasteiger partial charge in [0.2, 0.25) is 0 Å². The Kier molecular flexibility index (Phi) is 5.81. The molecule has 118 valence electrons. The van der Waals surface area contributed by atoms with Gasteiger partial charge in [-0.2, -0.15) is 0 Å². The number of nitrogens with one attached hydrogen (secondary N) is 1. The molecule has 1 aromatic carbocycles. The van der Waals surface area contributed by atoms with Crippen LogP contribution >= 0.6 is 15.9 Å². The van der Waals surface area contributed by atoms with Gasteiger partial charge in [-0.25, -0.2) is 4.39 Å². The number of rotatable bonds is 5. The van der Waals surface area contributed by atoms with Crippen molar-refractivity contribution < 1.29 is 9.13 Å². The zero-order chi connectivity index (χ0) is 15.5. The van der Waals surface area contributed by atoms with Gasteiger partial charge in [0.25, 0.3) is 0 Å². The zero-order valence-electron chi connectivity index (χ0n) is 13.1. The Morgan fingerprint density at radius 3 is 2.76 bits per heavy atom. The first-order chi connectivity index (χ1) is 9.99. The summed E-state index contributed by atoms with van der Waals surface area (Å²) in [6.07, 6.45) is 4.19. The van der Waals surface area contributed by atoms with Gasteiger partial charge in [-0.15, -0.1) is 0 Å². The van der Waals surface area contributed by atoms with Gasteiger partial charge in [0.05, 0.1) is 10.1 Å². The minimum Gasteiger partial charge on any atom is -0.375 e. The van der Waals surface area contributed by atoms with Crippen LogP contribution < -0.4 is 5.32 Å². The maximum absolute atomic E-state index is 13.3. The molecular formula is C17H25BrFNO. The highest BCUT2D eigenvalue weighted by atomic mass is 79.9. The third kappa shape index (κ3) is 4.05. The Labute approximate surface area is 135 Å². The molecule has 2 atom stereocenters. The number of benzene rings is 1. The molecule has 21 heavy (non-hydrogen) atoms. The normalized spacial score (nSPS) is 23.0. The van der Waals surface area contributed by atoms with Crippen molar-refractivity contribution >= 4 is 15.9 Å². The zero-order valence-corrected chi connectivity index (χ0v) is 14.7. The van der Waals surface area contributed by atoms with Crippen LogP contribution in [0.3, 0.4) is 0 Å². The maximum atomic E-state index is 13.3. The van der Waals surface area contributed by atoms with Crippen LogP contribution in [-0.4, -0.2) is 18.2 Å². The first-order valence-electron chi connectivity index (χ1n) is 7.84. The van der Waals surface area contributed by atoms with E-state index in [2.05, 4.69) is 42.0 Å². The summed E-state index contributed by atoms with van der Waals surface area (Å²) in [4.78, 5) is 0. The van der Waals surface area contributed by atoms with Crippen molar-refractivity contribution in [2.45, 2.75) is 64.1 Å². The van der Waals surface area contributed by atoms with Crippen LogP contribution in [0, 0.1) is 5.82 Å². The number of halogens is 2. The fraction of sp³-hybridized carbons (Fsp3) is 0.647. The van der Waals surface area contributed by atoms with E-state index in [0.29, 0.717) is 10.5 Å². The highest BCUT2D eigenvalue weighted by Gasteiger charge is 2.34. The molecule has 1 N–H and O–H groups in total. The number of ether oxygens (including phenoxy) is 1. The quantitative estimate of drug-likeness (QED) is 0.802. The molecular weight excluding hydrogens is 333 g/mol. The molecule has 0 radical (unpaired) electrons. The molecule has 0 aliphatic carbocycles. The second kappa shape index (κ2) is 7.21. The Morgan fingerprint density at radius 1 is 1.43 bits per heavy atom. The van der Waals surface area contributed by atoms with Gasteiger partial charge in [0, 0.05) is 18.7 Å². The summed E-state index contributed by atoms with van der Waals surface area (Å²) in [5.41, 5.74) is 1.13. The van der Waals surface area contributed by atoms with E-state index in [-0.39, 0.29) is 17.5 Å². The summed E-state index contributed by atoms with van der Waals surface area (Å²) in [5.74, 6) is -0.215. The maximum Gasteiger partial charge on any atom is 0.137 e. The van der Waals surface area contributed by atoms with Crippen LogP contribution in [-0.2, 0) is 4.74 Å². The van der Waals surface area contributed by atoms with Gasteiger partial charge >= 0.3 is 0 Å². The molecule has 1 saturated heterocycles. The first-order valence-corrected chi connectivity index (χ1v) is 8.64. The van der Waals surface area contributed by atoms with Gasteiger partial charge < -0.3 is 10.1 Å². The SMILES string of the molecule is CCC1(CC)CC(NC(C)c2ccc(F)c(Br)c2)CCO1. The Morgan fingerprint density at radius 2 is 2.14 bits per heavy atom. The monoisotopic (exact) mass is 357 g/mol. The third-order valence-electron chi connectivity index (χ3n) is 4.71. The first kappa shape index (κ1) is 16.9. The standard InChI is InChI=1S/C17H25BrFNO/c1-4-17(5-2)11-14(8-9-21-17)20-12(3)13-6-7-16(19)15(18)10-13/h6-7,10,12,14,20H,4-5,8-9,11H2,1-3H3. The minimum absolute atomic E-state index is 0.0268. The van der Waals surface area contributed by atoms with Gasteiger partial charge in [-0.3, -0.25) is 0 Å². The van der Waals surface area contributed by atoms with Crippen molar-refractivity contribution in [3.8, 4) is 0 Å². The van der Waals surface area contributed by atoms with Gasteiger partial charge in [-0.1, -0.05) is 19.9 Å². The molecule has 2 rings (SSSR count). The lowest BCUT2D eigenvalue weighted by Gasteiger charge is -2.41. The Balaban J connectivity index is 2.01. The summed E-state index contributed by atoms with van der Waals surface area (Å²) in [6, 6.07) is 5.89. The van der Waals surface area contributed by atoms with Crippen LogP contribution in [0.1, 0.15) is 58.1 Å². The van der Waals surface area contributed by atoms with E-state index in [1.54, 1.807) is 0 Å². The lowest BCUT2D eigenvalue weighted by atomic mass is 9.85. The number of hydrogen-bond acceptors (Lipinski definition) is 2. The molecule has 1 aliphatic heterocycles. The van der Waals surface area contributed by atoms with Gasteiger partial charge in [0.15, 0.2) is 0 Å². The van der Waals surface area contributed by atoms with E-state index in [0.717, 1.165) is 37.9 Å². The molecule has 0 spiro atoms. The smallest absolute Gasteiger partial charge is 0.137 e. The number of hydrogen-bond donors (Lipinski definition) is 1. The van der Waals surface area contributed by atoms with E-state index in [4.69, 9.17) is 4.74 Å². The summed E-state index contributed by atoms with van der Waals surface area (Å²) < 4.78 is 19.9. The van der Waals surface area contributed by atoms with Crippen LogP contribution in [0.4, 0.5) is 4.39 Å². The van der Waals surface area contributed by atoms with Crippen molar-refractivity contribution in [2.75, 3.05) is 6.61 Å². The lowest BCUT2D eigenvalue weighted by molar-refractivity contribution is -0.0939. The average molecular weight is 358 g/mol. The van der Waals surface area contributed by atoms with E-state index in [1.807, 2.05) is 12.1 Å². The molecule has 1 aliphatic rings. The topological polar surface area (TPSA) is 21.3 Å². The van der Waals surface area contributed by atoms with Crippen molar-refractivity contribution in [2.24, 2.45) is 0 Å². The van der Waals surface area contributed by atoms with Crippen LogP contribution in [0.2, 0.25) is 0 Å². The van der Waals surface area contributed by atoms with Crippen molar-refractivity contribution in [1.29, 1.82) is 0 Å². The second-order valence-electron chi connectivity index (χ2n) is 5.99. The molecule has 0 amide bonds. The van der Waals surface area contributed by atoms with Crippen LogP contribution in [0.5, 0.6) is 0 Å². The van der Waals surface area contributed by atoms with Crippen molar-refractivity contribution in [1.82, 2.24) is 5.32 Å². The van der Waals surface area contributed by atoms with Crippen molar-refractivity contribution in [3.63, 3.8) is 0 Å². The molecule has 0 aromatic heterocycles. The Hall–Kier alpha value is -0.450. The second-order valence-corrected chi connectivity index (χ2v) is 6.84. The predicted molar refractivity (Wildman–Crippen MR) is 87.9 cm³/mol. The highest BCUT2D eigenvalue weighted by Crippen LogP contribution is 2.32. The summed E-state index contributed by atoms with van der Waals surface area (Å²) in [7, 11) is 0. The highest BCUT2D eigenvalue weighted by molar-refractivity contribution is 9.10. The molecule has 4 heteroatoms. The predicted octanol–water partition coefficient (Wildman–Crippen LogP) is 4.98. The van der Waals surface area contributed by atoms with Gasteiger partial charge in [-0.05, 0) is 66.2 Å². The molecule has 1 fully saturated rings. The summed E-state index contributed by atoms with van der Waals surface area (Å²) in [5, 5.41) is 3.68. The summed E-state index contributed by atoms with van der Waals surface area (Å²) in [6.45, 7) is 7.35. The van der Waals surface area contributed by atoms with Gasteiger partial charge in [0.1, 0.15) is 5.82 Å². The Bertz CT molecular complexity index is 476. The van der Waals surface area contributed by atoms with Crippen molar-refractivity contribution in [3.05, 3.63) is 34.1 Å². The molecule has 2 unspecified atom stereocenters. The summed E-state index contributed by atoms with van der Waals surface area (Å²) >= 11 is 3.26. The molecule has 0 bridgehead atoms. The van der Waals surface area contributed by atoms with E-state index >= 15 is 0 Å². The van der Waals surface area contributed by atoms with E-state index < -0.39 is 0 Å². The lowest BCUT2D eigenvalue weighted by Crippen LogP contribution is -2.47. The minimum atomic E-state index is -0.215. The molecule has 2 nitrogen and oxygen atoms in total. The van der Waals surface area contributed by atoms with Crippen LogP contribution in [0.15, 0.2) is 22.7 Å². The largest absolute Gasteiger partial charge is 0.375 e. The van der Waals surface area contributed by atoms with E-state index in [1.165, 1.54) is 6.07 Å².